The SMILES string of the molecule is Cc1cccc(NC(=O)N(C)CCC#N)c1C. The number of hydrogen-bond acceptors (Lipinski definition) is 2. The van der Waals surface area contributed by atoms with Crippen molar-refractivity contribution in [2.24, 2.45) is 0 Å². The smallest absolute Gasteiger partial charge is 0.321 e. The van der Waals surface area contributed by atoms with Gasteiger partial charge in [-0.2, -0.15) is 5.26 Å². The van der Waals surface area contributed by atoms with E-state index in [-0.39, 0.29) is 6.03 Å². The van der Waals surface area contributed by atoms with Gasteiger partial charge in [0.05, 0.1) is 12.5 Å². The van der Waals surface area contributed by atoms with Gasteiger partial charge in [0.15, 0.2) is 0 Å². The highest BCUT2D eigenvalue weighted by Gasteiger charge is 2.09. The van der Waals surface area contributed by atoms with Crippen LogP contribution in [0.15, 0.2) is 18.2 Å². The van der Waals surface area contributed by atoms with E-state index in [0.717, 1.165) is 16.8 Å². The van der Waals surface area contributed by atoms with Crippen LogP contribution in [0.3, 0.4) is 0 Å². The summed E-state index contributed by atoms with van der Waals surface area (Å²) in [6.07, 6.45) is 0.344. The lowest BCUT2D eigenvalue weighted by atomic mass is 10.1. The maximum absolute atomic E-state index is 11.8. The van der Waals surface area contributed by atoms with Crippen LogP contribution in [-0.2, 0) is 0 Å². The summed E-state index contributed by atoms with van der Waals surface area (Å²) in [6.45, 7) is 4.41. The summed E-state index contributed by atoms with van der Waals surface area (Å²) in [5.41, 5.74) is 3.02. The number of urea groups is 1. The first-order chi connectivity index (χ1) is 8.06. The van der Waals surface area contributed by atoms with Crippen LogP contribution >= 0.6 is 0 Å². The molecule has 0 fully saturated rings. The van der Waals surface area contributed by atoms with Gasteiger partial charge in [0, 0.05) is 19.3 Å². The van der Waals surface area contributed by atoms with E-state index in [1.165, 1.54) is 4.90 Å². The molecule has 0 spiro atoms. The van der Waals surface area contributed by atoms with E-state index in [4.69, 9.17) is 5.26 Å². The summed E-state index contributed by atoms with van der Waals surface area (Å²) in [6, 6.07) is 7.62. The summed E-state index contributed by atoms with van der Waals surface area (Å²) in [5, 5.41) is 11.3. The average Bonchev–Trinajstić information content (AvgIpc) is 2.31. The number of nitriles is 1. The Labute approximate surface area is 102 Å². The quantitative estimate of drug-likeness (QED) is 0.869. The molecule has 0 heterocycles. The number of carbonyl (C=O) groups excluding carboxylic acids is 1. The van der Waals surface area contributed by atoms with Crippen LogP contribution in [0.25, 0.3) is 0 Å². The average molecular weight is 231 g/mol. The molecule has 0 saturated heterocycles. The third kappa shape index (κ3) is 3.49. The van der Waals surface area contributed by atoms with Gasteiger partial charge in [-0.1, -0.05) is 12.1 Å². The number of aryl methyl sites for hydroxylation is 1. The molecule has 90 valence electrons. The molecule has 1 aromatic carbocycles. The first-order valence-electron chi connectivity index (χ1n) is 5.51. The van der Waals surface area contributed by atoms with E-state index in [9.17, 15) is 4.79 Å². The molecule has 0 bridgehead atoms. The summed E-state index contributed by atoms with van der Waals surface area (Å²) in [4.78, 5) is 13.3. The monoisotopic (exact) mass is 231 g/mol. The summed E-state index contributed by atoms with van der Waals surface area (Å²) in [7, 11) is 1.68. The van der Waals surface area contributed by atoms with Crippen molar-refractivity contribution >= 4 is 11.7 Å². The fourth-order valence-electron chi connectivity index (χ4n) is 1.42. The van der Waals surface area contributed by atoms with Crippen LogP contribution < -0.4 is 5.32 Å². The van der Waals surface area contributed by atoms with E-state index in [1.54, 1.807) is 7.05 Å². The molecule has 4 nitrogen and oxygen atoms in total. The van der Waals surface area contributed by atoms with E-state index < -0.39 is 0 Å². The number of anilines is 1. The second-order valence-corrected chi connectivity index (χ2v) is 4.01. The van der Waals surface area contributed by atoms with E-state index >= 15 is 0 Å². The molecule has 0 atom stereocenters. The highest BCUT2D eigenvalue weighted by Crippen LogP contribution is 2.18. The molecular weight excluding hydrogens is 214 g/mol. The molecule has 4 heteroatoms. The highest BCUT2D eigenvalue weighted by molar-refractivity contribution is 5.90. The lowest BCUT2D eigenvalue weighted by Gasteiger charge is -2.18. The van der Waals surface area contributed by atoms with E-state index in [1.807, 2.05) is 38.1 Å². The molecule has 0 aliphatic heterocycles. The molecule has 0 saturated carbocycles. The Kier molecular flexibility index (Phi) is 4.53. The van der Waals surface area contributed by atoms with Crippen LogP contribution in [0, 0.1) is 25.2 Å². The lowest BCUT2D eigenvalue weighted by molar-refractivity contribution is 0.223. The number of nitrogens with zero attached hydrogens (tertiary/aromatic N) is 2. The minimum absolute atomic E-state index is 0.186. The Morgan fingerprint density at radius 3 is 2.82 bits per heavy atom. The first-order valence-corrected chi connectivity index (χ1v) is 5.51. The summed E-state index contributed by atoms with van der Waals surface area (Å²) >= 11 is 0. The first kappa shape index (κ1) is 13.0. The van der Waals surface area contributed by atoms with Crippen LogP contribution in [0.1, 0.15) is 17.5 Å². The largest absolute Gasteiger partial charge is 0.327 e. The van der Waals surface area contributed by atoms with Gasteiger partial charge in [-0.3, -0.25) is 0 Å². The Bertz CT molecular complexity index is 448. The Hall–Kier alpha value is -2.02. The van der Waals surface area contributed by atoms with E-state index in [2.05, 4.69) is 5.32 Å². The van der Waals surface area contributed by atoms with Gasteiger partial charge in [-0.05, 0) is 31.0 Å². The molecule has 0 unspecified atom stereocenters. The normalized spacial score (nSPS) is 9.53. The number of hydrogen-bond donors (Lipinski definition) is 1. The van der Waals surface area contributed by atoms with Crippen molar-refractivity contribution in [1.29, 1.82) is 5.26 Å². The Balaban J connectivity index is 2.68. The van der Waals surface area contributed by atoms with Crippen molar-refractivity contribution in [1.82, 2.24) is 4.90 Å². The van der Waals surface area contributed by atoms with Gasteiger partial charge < -0.3 is 10.2 Å². The summed E-state index contributed by atoms with van der Waals surface area (Å²) < 4.78 is 0. The van der Waals surface area contributed by atoms with Crippen LogP contribution in [0.4, 0.5) is 10.5 Å². The minimum Gasteiger partial charge on any atom is -0.327 e. The number of benzene rings is 1. The van der Waals surface area contributed by atoms with Crippen molar-refractivity contribution < 1.29 is 4.79 Å². The molecule has 2 amide bonds. The molecule has 1 N–H and O–H groups in total. The van der Waals surface area contributed by atoms with Crippen LogP contribution in [0.5, 0.6) is 0 Å². The fourth-order valence-corrected chi connectivity index (χ4v) is 1.42. The van der Waals surface area contributed by atoms with Gasteiger partial charge in [-0.25, -0.2) is 4.79 Å². The van der Waals surface area contributed by atoms with Gasteiger partial charge in [0.1, 0.15) is 0 Å². The lowest BCUT2D eigenvalue weighted by Crippen LogP contribution is -2.32. The van der Waals surface area contributed by atoms with E-state index in [0.29, 0.717) is 13.0 Å². The van der Waals surface area contributed by atoms with Crippen LogP contribution in [-0.4, -0.2) is 24.5 Å². The zero-order valence-electron chi connectivity index (χ0n) is 10.4. The highest BCUT2D eigenvalue weighted by atomic mass is 16.2. The molecule has 0 aromatic heterocycles. The zero-order chi connectivity index (χ0) is 12.8. The molecule has 1 rings (SSSR count). The molecule has 0 aliphatic carbocycles. The third-order valence-corrected chi connectivity index (χ3v) is 2.75. The number of rotatable bonds is 3. The standard InChI is InChI=1S/C13H17N3O/c1-10-6-4-7-12(11(10)2)15-13(17)16(3)9-5-8-14/h4,6-7H,5,9H2,1-3H3,(H,15,17). The van der Waals surface area contributed by atoms with Crippen molar-refractivity contribution in [3.05, 3.63) is 29.3 Å². The van der Waals surface area contributed by atoms with Crippen molar-refractivity contribution in [2.75, 3.05) is 18.9 Å². The molecule has 0 aliphatic rings. The predicted molar refractivity (Wildman–Crippen MR) is 67.8 cm³/mol. The van der Waals surface area contributed by atoms with Crippen molar-refractivity contribution in [3.8, 4) is 6.07 Å². The molecule has 17 heavy (non-hydrogen) atoms. The second kappa shape index (κ2) is 5.90. The number of carbonyl (C=O) groups is 1. The van der Waals surface area contributed by atoms with Crippen molar-refractivity contribution in [2.45, 2.75) is 20.3 Å². The number of nitrogens with one attached hydrogen (secondary N) is 1. The Morgan fingerprint density at radius 1 is 1.47 bits per heavy atom. The Morgan fingerprint density at radius 2 is 2.18 bits per heavy atom. The van der Waals surface area contributed by atoms with Gasteiger partial charge in [-0.15, -0.1) is 0 Å². The maximum Gasteiger partial charge on any atom is 0.321 e. The minimum atomic E-state index is -0.186. The van der Waals surface area contributed by atoms with Crippen molar-refractivity contribution in [3.63, 3.8) is 0 Å². The second-order valence-electron chi connectivity index (χ2n) is 4.01. The zero-order valence-corrected chi connectivity index (χ0v) is 10.4. The predicted octanol–water partition coefficient (Wildman–Crippen LogP) is 2.68. The van der Waals surface area contributed by atoms with Gasteiger partial charge in [0.2, 0.25) is 0 Å². The van der Waals surface area contributed by atoms with Gasteiger partial charge in [0.25, 0.3) is 0 Å². The third-order valence-electron chi connectivity index (χ3n) is 2.75. The molecule has 0 radical (unpaired) electrons. The topological polar surface area (TPSA) is 56.1 Å². The van der Waals surface area contributed by atoms with Crippen LogP contribution in [0.2, 0.25) is 0 Å². The molecule has 1 aromatic rings. The molecular formula is C13H17N3O. The maximum atomic E-state index is 11.8. The fraction of sp³-hybridized carbons (Fsp3) is 0.385. The summed E-state index contributed by atoms with van der Waals surface area (Å²) in [5.74, 6) is 0. The van der Waals surface area contributed by atoms with Gasteiger partial charge >= 0.3 is 6.03 Å². The number of amides is 2.